The normalized spacial score (nSPS) is 14.1. The van der Waals surface area contributed by atoms with Gasteiger partial charge in [-0.3, -0.25) is 0 Å². The first-order valence-corrected chi connectivity index (χ1v) is 5.15. The van der Waals surface area contributed by atoms with Crippen molar-refractivity contribution in [1.82, 2.24) is 0 Å². The molecule has 0 spiro atoms. The van der Waals surface area contributed by atoms with Gasteiger partial charge in [0, 0.05) is 0 Å². The lowest BCUT2D eigenvalue weighted by molar-refractivity contribution is 0.281. The van der Waals surface area contributed by atoms with Crippen molar-refractivity contribution < 1.29 is 5.11 Å². The second-order valence-corrected chi connectivity index (χ2v) is 4.99. The first kappa shape index (κ1) is 11.3. The van der Waals surface area contributed by atoms with Crippen LogP contribution in [-0.2, 0) is 6.61 Å². The van der Waals surface area contributed by atoms with Crippen molar-refractivity contribution in [1.29, 1.82) is 0 Å². The van der Waals surface area contributed by atoms with E-state index in [2.05, 4.69) is 39.8 Å². The molecule has 0 aliphatic heterocycles. The minimum absolute atomic E-state index is 0.129. The molecule has 1 aromatic rings. The van der Waals surface area contributed by atoms with Gasteiger partial charge in [-0.25, -0.2) is 0 Å². The van der Waals surface area contributed by atoms with Gasteiger partial charge in [0.25, 0.3) is 0 Å². The van der Waals surface area contributed by atoms with E-state index >= 15 is 0 Å². The van der Waals surface area contributed by atoms with Crippen molar-refractivity contribution in [2.45, 2.75) is 40.2 Å². The smallest absolute Gasteiger partial charge is 0.0681 e. The molecule has 0 heterocycles. The highest BCUT2D eigenvalue weighted by Gasteiger charge is 2.21. The van der Waals surface area contributed by atoms with Gasteiger partial charge in [0.2, 0.25) is 0 Å². The third kappa shape index (κ3) is 2.58. The van der Waals surface area contributed by atoms with E-state index in [-0.39, 0.29) is 6.61 Å². The average molecular weight is 192 g/mol. The van der Waals surface area contributed by atoms with Crippen LogP contribution >= 0.6 is 0 Å². The van der Waals surface area contributed by atoms with Crippen LogP contribution in [0, 0.1) is 5.41 Å². The van der Waals surface area contributed by atoms with Gasteiger partial charge in [-0.05, 0) is 22.5 Å². The number of aliphatic hydroxyl groups excluding tert-OH is 1. The van der Waals surface area contributed by atoms with E-state index in [9.17, 15) is 0 Å². The summed E-state index contributed by atoms with van der Waals surface area (Å²) < 4.78 is 0. The van der Waals surface area contributed by atoms with E-state index < -0.39 is 0 Å². The molecule has 0 amide bonds. The van der Waals surface area contributed by atoms with E-state index in [1.54, 1.807) is 0 Å². The fraction of sp³-hybridized carbons (Fsp3) is 0.538. The van der Waals surface area contributed by atoms with Gasteiger partial charge in [0.05, 0.1) is 6.61 Å². The minimum atomic E-state index is 0.129. The number of hydrogen-bond acceptors (Lipinski definition) is 1. The van der Waals surface area contributed by atoms with Crippen molar-refractivity contribution >= 4 is 0 Å². The maximum Gasteiger partial charge on any atom is 0.0681 e. The Labute approximate surface area is 86.8 Å². The first-order valence-electron chi connectivity index (χ1n) is 5.15. The summed E-state index contributed by atoms with van der Waals surface area (Å²) in [5.74, 6) is 0.537. The molecular formula is C13H20O. The van der Waals surface area contributed by atoms with Crippen LogP contribution in [0.1, 0.15) is 44.7 Å². The topological polar surface area (TPSA) is 20.2 Å². The van der Waals surface area contributed by atoms with Crippen molar-refractivity contribution in [3.63, 3.8) is 0 Å². The molecule has 0 aromatic heterocycles. The van der Waals surface area contributed by atoms with Crippen LogP contribution in [0.4, 0.5) is 0 Å². The molecule has 1 rings (SSSR count). The standard InChI is InChI=1S/C13H20O/c1-10(13(2,3)4)12-7-5-11(9-14)6-8-12/h5-8,10,14H,9H2,1-4H3. The molecule has 1 nitrogen and oxygen atoms in total. The Kier molecular flexibility index (Phi) is 3.33. The predicted octanol–water partition coefficient (Wildman–Crippen LogP) is 3.33. The van der Waals surface area contributed by atoms with Crippen molar-refractivity contribution in [3.05, 3.63) is 35.4 Å². The molecular weight excluding hydrogens is 172 g/mol. The highest BCUT2D eigenvalue weighted by molar-refractivity contribution is 5.25. The van der Waals surface area contributed by atoms with Gasteiger partial charge in [-0.1, -0.05) is 52.0 Å². The molecule has 0 radical (unpaired) electrons. The fourth-order valence-corrected chi connectivity index (χ4v) is 1.41. The molecule has 0 aliphatic carbocycles. The van der Waals surface area contributed by atoms with Gasteiger partial charge in [-0.15, -0.1) is 0 Å². The Hall–Kier alpha value is -0.820. The van der Waals surface area contributed by atoms with Gasteiger partial charge < -0.3 is 5.11 Å². The SMILES string of the molecule is CC(c1ccc(CO)cc1)C(C)(C)C. The fourth-order valence-electron chi connectivity index (χ4n) is 1.41. The summed E-state index contributed by atoms with van der Waals surface area (Å²) in [5.41, 5.74) is 2.62. The quantitative estimate of drug-likeness (QED) is 0.762. The second kappa shape index (κ2) is 4.14. The number of hydrogen-bond donors (Lipinski definition) is 1. The Morgan fingerprint density at radius 1 is 1.14 bits per heavy atom. The Morgan fingerprint density at radius 2 is 1.64 bits per heavy atom. The molecule has 1 atom stereocenters. The summed E-state index contributed by atoms with van der Waals surface area (Å²) >= 11 is 0. The molecule has 0 saturated heterocycles. The van der Waals surface area contributed by atoms with E-state index in [1.165, 1.54) is 5.56 Å². The molecule has 1 N–H and O–H groups in total. The zero-order valence-electron chi connectivity index (χ0n) is 9.54. The van der Waals surface area contributed by atoms with E-state index in [0.717, 1.165) is 5.56 Å². The zero-order chi connectivity index (χ0) is 10.8. The Balaban J connectivity index is 2.87. The maximum atomic E-state index is 8.93. The summed E-state index contributed by atoms with van der Waals surface area (Å²) in [6.07, 6.45) is 0. The summed E-state index contributed by atoms with van der Waals surface area (Å²) in [7, 11) is 0. The van der Waals surface area contributed by atoms with Crippen LogP contribution in [0.2, 0.25) is 0 Å². The highest BCUT2D eigenvalue weighted by Crippen LogP contribution is 2.34. The molecule has 0 fully saturated rings. The molecule has 0 bridgehead atoms. The van der Waals surface area contributed by atoms with Crippen LogP contribution in [-0.4, -0.2) is 5.11 Å². The van der Waals surface area contributed by atoms with Crippen LogP contribution in [0.5, 0.6) is 0 Å². The minimum Gasteiger partial charge on any atom is -0.392 e. The van der Waals surface area contributed by atoms with Gasteiger partial charge in [-0.2, -0.15) is 0 Å². The lowest BCUT2D eigenvalue weighted by atomic mass is 9.78. The van der Waals surface area contributed by atoms with Gasteiger partial charge in [0.15, 0.2) is 0 Å². The summed E-state index contributed by atoms with van der Waals surface area (Å²) in [5, 5.41) is 8.93. The van der Waals surface area contributed by atoms with Crippen molar-refractivity contribution in [3.8, 4) is 0 Å². The molecule has 14 heavy (non-hydrogen) atoms. The molecule has 0 aliphatic rings. The summed E-state index contributed by atoms with van der Waals surface area (Å²) in [6.45, 7) is 9.12. The number of aliphatic hydroxyl groups is 1. The van der Waals surface area contributed by atoms with E-state index in [4.69, 9.17) is 5.11 Å². The first-order chi connectivity index (χ1) is 6.45. The average Bonchev–Trinajstić information content (AvgIpc) is 2.15. The number of rotatable bonds is 2. The van der Waals surface area contributed by atoms with Crippen molar-refractivity contribution in [2.75, 3.05) is 0 Å². The monoisotopic (exact) mass is 192 g/mol. The van der Waals surface area contributed by atoms with Crippen molar-refractivity contribution in [2.24, 2.45) is 5.41 Å². The van der Waals surface area contributed by atoms with Gasteiger partial charge in [0.1, 0.15) is 0 Å². The largest absolute Gasteiger partial charge is 0.392 e. The number of benzene rings is 1. The second-order valence-electron chi connectivity index (χ2n) is 4.99. The third-order valence-corrected chi connectivity index (χ3v) is 2.96. The van der Waals surface area contributed by atoms with E-state index in [0.29, 0.717) is 11.3 Å². The van der Waals surface area contributed by atoms with Crippen LogP contribution in [0.3, 0.4) is 0 Å². The lowest BCUT2D eigenvalue weighted by Gasteiger charge is -2.27. The molecule has 1 aromatic carbocycles. The van der Waals surface area contributed by atoms with Crippen LogP contribution < -0.4 is 0 Å². The van der Waals surface area contributed by atoms with E-state index in [1.807, 2.05) is 12.1 Å². The summed E-state index contributed by atoms with van der Waals surface area (Å²) in [4.78, 5) is 0. The molecule has 0 saturated carbocycles. The highest BCUT2D eigenvalue weighted by atomic mass is 16.3. The molecule has 1 unspecified atom stereocenters. The lowest BCUT2D eigenvalue weighted by Crippen LogP contribution is -2.15. The third-order valence-electron chi connectivity index (χ3n) is 2.96. The van der Waals surface area contributed by atoms with Crippen LogP contribution in [0.15, 0.2) is 24.3 Å². The molecule has 1 heteroatoms. The maximum absolute atomic E-state index is 8.93. The predicted molar refractivity (Wildman–Crippen MR) is 60.2 cm³/mol. The Bertz CT molecular complexity index is 279. The zero-order valence-corrected chi connectivity index (χ0v) is 9.54. The Morgan fingerprint density at radius 3 is 2.00 bits per heavy atom. The van der Waals surface area contributed by atoms with Gasteiger partial charge >= 0.3 is 0 Å². The summed E-state index contributed by atoms with van der Waals surface area (Å²) in [6, 6.07) is 8.22. The molecule has 78 valence electrons. The van der Waals surface area contributed by atoms with Crippen LogP contribution in [0.25, 0.3) is 0 Å².